The summed E-state index contributed by atoms with van der Waals surface area (Å²) in [5, 5.41) is 0.622. The second kappa shape index (κ2) is 7.84. The molecule has 0 bridgehead atoms. The Hall–Kier alpha value is -2.26. The second-order valence-corrected chi connectivity index (χ2v) is 5.78. The summed E-state index contributed by atoms with van der Waals surface area (Å²) in [7, 11) is 3.36. The Bertz CT molecular complexity index is 725. The average molecular weight is 330 g/mol. The van der Waals surface area contributed by atoms with Gasteiger partial charge in [0.15, 0.2) is 0 Å². The van der Waals surface area contributed by atoms with Crippen LogP contribution in [0.2, 0.25) is 5.02 Å². The molecular formula is C19H20ClNO2. The number of rotatable bonds is 5. The number of ether oxygens (including phenoxy) is 1. The summed E-state index contributed by atoms with van der Waals surface area (Å²) in [5.74, 6) is 0.646. The van der Waals surface area contributed by atoms with Gasteiger partial charge in [0.1, 0.15) is 5.75 Å². The van der Waals surface area contributed by atoms with Crippen molar-refractivity contribution >= 4 is 23.6 Å². The number of aryl methyl sites for hydroxylation is 1. The highest BCUT2D eigenvalue weighted by Crippen LogP contribution is 2.23. The van der Waals surface area contributed by atoms with E-state index in [0.29, 0.717) is 11.6 Å². The van der Waals surface area contributed by atoms with Gasteiger partial charge in [-0.3, -0.25) is 4.79 Å². The molecule has 0 aliphatic carbocycles. The maximum atomic E-state index is 12.3. The molecule has 2 rings (SSSR count). The van der Waals surface area contributed by atoms with Gasteiger partial charge in [-0.15, -0.1) is 0 Å². The van der Waals surface area contributed by atoms with Crippen LogP contribution in [0.5, 0.6) is 5.75 Å². The number of benzene rings is 2. The molecule has 0 aliphatic rings. The van der Waals surface area contributed by atoms with Gasteiger partial charge in [-0.1, -0.05) is 35.9 Å². The molecule has 0 N–H and O–H groups in total. The zero-order valence-corrected chi connectivity index (χ0v) is 14.3. The molecule has 120 valence electrons. The monoisotopic (exact) mass is 329 g/mol. The molecule has 2 aromatic rings. The quantitative estimate of drug-likeness (QED) is 0.764. The Morgan fingerprint density at radius 1 is 1.26 bits per heavy atom. The third-order valence-electron chi connectivity index (χ3n) is 3.62. The van der Waals surface area contributed by atoms with Crippen LogP contribution in [0.4, 0.5) is 0 Å². The van der Waals surface area contributed by atoms with Crippen molar-refractivity contribution in [3.05, 3.63) is 70.3 Å². The Morgan fingerprint density at radius 3 is 2.70 bits per heavy atom. The molecule has 3 nitrogen and oxygen atoms in total. The van der Waals surface area contributed by atoms with Gasteiger partial charge >= 0.3 is 0 Å². The van der Waals surface area contributed by atoms with Crippen LogP contribution in [-0.2, 0) is 11.3 Å². The van der Waals surface area contributed by atoms with Crippen LogP contribution in [0, 0.1) is 6.92 Å². The number of halogens is 1. The van der Waals surface area contributed by atoms with E-state index >= 15 is 0 Å². The van der Waals surface area contributed by atoms with E-state index in [-0.39, 0.29) is 5.91 Å². The van der Waals surface area contributed by atoms with Gasteiger partial charge in [-0.05, 0) is 42.3 Å². The lowest BCUT2D eigenvalue weighted by Gasteiger charge is -2.17. The predicted octanol–water partition coefficient (Wildman–Crippen LogP) is 4.33. The second-order valence-electron chi connectivity index (χ2n) is 5.34. The molecule has 2 aromatic carbocycles. The van der Waals surface area contributed by atoms with E-state index < -0.39 is 0 Å². The molecule has 0 unspecified atom stereocenters. The van der Waals surface area contributed by atoms with Gasteiger partial charge in [-0.25, -0.2) is 0 Å². The fourth-order valence-corrected chi connectivity index (χ4v) is 2.46. The Balaban J connectivity index is 2.09. The van der Waals surface area contributed by atoms with Gasteiger partial charge in [0, 0.05) is 30.3 Å². The predicted molar refractivity (Wildman–Crippen MR) is 94.7 cm³/mol. The SMILES string of the molecule is COc1ccc(Cl)cc1CN(C)C(=O)/C=C/c1ccccc1C. The minimum atomic E-state index is -0.0738. The van der Waals surface area contributed by atoms with Crippen molar-refractivity contribution in [2.75, 3.05) is 14.2 Å². The van der Waals surface area contributed by atoms with Crippen LogP contribution >= 0.6 is 11.6 Å². The number of hydrogen-bond acceptors (Lipinski definition) is 2. The third-order valence-corrected chi connectivity index (χ3v) is 3.86. The number of likely N-dealkylation sites (N-methyl/N-ethyl adjacent to an activating group) is 1. The van der Waals surface area contributed by atoms with Crippen molar-refractivity contribution in [2.45, 2.75) is 13.5 Å². The number of methoxy groups -OCH3 is 1. The van der Waals surface area contributed by atoms with Crippen molar-refractivity contribution in [3.63, 3.8) is 0 Å². The average Bonchev–Trinajstić information content (AvgIpc) is 2.54. The van der Waals surface area contributed by atoms with E-state index in [9.17, 15) is 4.79 Å². The molecule has 0 spiro atoms. The van der Waals surface area contributed by atoms with Crippen LogP contribution < -0.4 is 4.74 Å². The zero-order chi connectivity index (χ0) is 16.8. The Kier molecular flexibility index (Phi) is 5.83. The normalized spacial score (nSPS) is 10.8. The van der Waals surface area contributed by atoms with Crippen LogP contribution in [0.3, 0.4) is 0 Å². The number of nitrogens with zero attached hydrogens (tertiary/aromatic N) is 1. The summed E-state index contributed by atoms with van der Waals surface area (Å²) in [4.78, 5) is 13.9. The van der Waals surface area contributed by atoms with Gasteiger partial charge in [0.2, 0.25) is 5.91 Å². The van der Waals surface area contributed by atoms with Crippen molar-refractivity contribution < 1.29 is 9.53 Å². The highest BCUT2D eigenvalue weighted by molar-refractivity contribution is 6.30. The number of carbonyl (C=O) groups excluding carboxylic acids is 1. The van der Waals surface area contributed by atoms with E-state index in [1.165, 1.54) is 0 Å². The van der Waals surface area contributed by atoms with E-state index in [1.54, 1.807) is 37.3 Å². The molecule has 4 heteroatoms. The van der Waals surface area contributed by atoms with E-state index in [0.717, 1.165) is 22.4 Å². The minimum absolute atomic E-state index is 0.0738. The molecular weight excluding hydrogens is 310 g/mol. The summed E-state index contributed by atoms with van der Waals surface area (Å²) in [6, 6.07) is 13.3. The topological polar surface area (TPSA) is 29.5 Å². The molecule has 0 saturated carbocycles. The fourth-order valence-electron chi connectivity index (χ4n) is 2.27. The molecule has 0 saturated heterocycles. The largest absolute Gasteiger partial charge is 0.496 e. The molecule has 1 amide bonds. The van der Waals surface area contributed by atoms with Crippen LogP contribution in [-0.4, -0.2) is 25.0 Å². The van der Waals surface area contributed by atoms with Gasteiger partial charge in [0.05, 0.1) is 7.11 Å². The first-order valence-electron chi connectivity index (χ1n) is 7.32. The lowest BCUT2D eigenvalue weighted by Crippen LogP contribution is -2.24. The summed E-state index contributed by atoms with van der Waals surface area (Å²) in [6.45, 7) is 2.45. The Labute approximate surface area is 142 Å². The molecule has 23 heavy (non-hydrogen) atoms. The first kappa shape index (κ1) is 17.1. The molecule has 0 radical (unpaired) electrons. The van der Waals surface area contributed by atoms with E-state index in [4.69, 9.17) is 16.3 Å². The van der Waals surface area contributed by atoms with Crippen LogP contribution in [0.15, 0.2) is 48.5 Å². The van der Waals surface area contributed by atoms with Crippen molar-refractivity contribution in [1.29, 1.82) is 0 Å². The number of amides is 1. The minimum Gasteiger partial charge on any atom is -0.496 e. The Morgan fingerprint density at radius 2 is 2.00 bits per heavy atom. The van der Waals surface area contributed by atoms with Crippen molar-refractivity contribution in [2.24, 2.45) is 0 Å². The third kappa shape index (κ3) is 4.60. The maximum absolute atomic E-state index is 12.3. The van der Waals surface area contributed by atoms with E-state index in [1.807, 2.05) is 43.3 Å². The number of hydrogen-bond donors (Lipinski definition) is 0. The first-order chi connectivity index (χ1) is 11.0. The van der Waals surface area contributed by atoms with Crippen molar-refractivity contribution in [1.82, 2.24) is 4.90 Å². The first-order valence-corrected chi connectivity index (χ1v) is 7.70. The smallest absolute Gasteiger partial charge is 0.246 e. The molecule has 0 aromatic heterocycles. The maximum Gasteiger partial charge on any atom is 0.246 e. The van der Waals surface area contributed by atoms with Gasteiger partial charge in [-0.2, -0.15) is 0 Å². The highest BCUT2D eigenvalue weighted by Gasteiger charge is 2.10. The fraction of sp³-hybridized carbons (Fsp3) is 0.211. The van der Waals surface area contributed by atoms with Gasteiger partial charge < -0.3 is 9.64 Å². The van der Waals surface area contributed by atoms with Gasteiger partial charge in [0.25, 0.3) is 0 Å². The summed E-state index contributed by atoms with van der Waals surface area (Å²) in [6.07, 6.45) is 3.42. The summed E-state index contributed by atoms with van der Waals surface area (Å²) in [5.41, 5.74) is 3.05. The lowest BCUT2D eigenvalue weighted by molar-refractivity contribution is -0.125. The zero-order valence-electron chi connectivity index (χ0n) is 13.5. The van der Waals surface area contributed by atoms with Crippen LogP contribution in [0.25, 0.3) is 6.08 Å². The summed E-state index contributed by atoms with van der Waals surface area (Å²) >= 11 is 6.02. The molecule has 0 fully saturated rings. The standard InChI is InChI=1S/C19H20ClNO2/c1-14-6-4-5-7-15(14)8-11-19(22)21(2)13-16-12-17(20)9-10-18(16)23-3/h4-12H,13H2,1-3H3/b11-8+. The lowest BCUT2D eigenvalue weighted by atomic mass is 10.1. The summed E-state index contributed by atoms with van der Waals surface area (Å²) < 4.78 is 5.31. The molecule has 0 aliphatic heterocycles. The highest BCUT2D eigenvalue weighted by atomic mass is 35.5. The number of carbonyl (C=O) groups is 1. The molecule has 0 atom stereocenters. The van der Waals surface area contributed by atoms with E-state index in [2.05, 4.69) is 0 Å². The molecule has 0 heterocycles. The van der Waals surface area contributed by atoms with Crippen LogP contribution in [0.1, 0.15) is 16.7 Å². The van der Waals surface area contributed by atoms with Crippen molar-refractivity contribution in [3.8, 4) is 5.75 Å².